The lowest BCUT2D eigenvalue weighted by Gasteiger charge is -2.34. The van der Waals surface area contributed by atoms with E-state index in [2.05, 4.69) is 9.88 Å². The average molecular weight is 472 g/mol. The van der Waals surface area contributed by atoms with E-state index >= 15 is 0 Å². The molecule has 3 rings (SSSR count). The first kappa shape index (κ1) is 25.9. The number of nitrogens with zero attached hydrogens (tertiary/aromatic N) is 3. The standard InChI is InChI=1S/C23H28F3N3O2.ClH/c1-15(30)29-9-7-28(8-10-29)14-17-11-18(22(2,3)4)12-19(21(17)31)16-5-6-20(27-13-16)23(24,25)26;/h5-6,11-13,31H,7-10,14H2,1-4H3;1H. The van der Waals surface area contributed by atoms with Crippen LogP contribution < -0.4 is 0 Å². The summed E-state index contributed by atoms with van der Waals surface area (Å²) in [5.74, 6) is 0.0953. The van der Waals surface area contributed by atoms with Crippen molar-refractivity contribution in [1.29, 1.82) is 0 Å². The molecule has 5 nitrogen and oxygen atoms in total. The van der Waals surface area contributed by atoms with Gasteiger partial charge in [-0.05, 0) is 23.1 Å². The van der Waals surface area contributed by atoms with Crippen LogP contribution in [0.2, 0.25) is 0 Å². The fourth-order valence-corrected chi connectivity index (χ4v) is 3.65. The van der Waals surface area contributed by atoms with Crippen LogP contribution in [0.1, 0.15) is 44.5 Å². The molecule has 0 bridgehead atoms. The Balaban J connectivity index is 0.00000363. The highest BCUT2D eigenvalue weighted by Gasteiger charge is 2.32. The Hall–Kier alpha value is -2.32. The predicted octanol–water partition coefficient (Wildman–Crippen LogP) is 4.86. The number of amides is 1. The number of hydrogen-bond donors (Lipinski definition) is 1. The van der Waals surface area contributed by atoms with Crippen LogP contribution in [0, 0.1) is 0 Å². The molecule has 0 saturated carbocycles. The van der Waals surface area contributed by atoms with Gasteiger partial charge in [0.25, 0.3) is 0 Å². The van der Waals surface area contributed by atoms with Crippen molar-refractivity contribution in [3.8, 4) is 16.9 Å². The molecule has 32 heavy (non-hydrogen) atoms. The molecule has 1 fully saturated rings. The minimum atomic E-state index is -4.51. The number of aromatic nitrogens is 1. The number of pyridine rings is 1. The number of aromatic hydroxyl groups is 1. The van der Waals surface area contributed by atoms with Crippen LogP contribution >= 0.6 is 12.4 Å². The largest absolute Gasteiger partial charge is 0.507 e. The van der Waals surface area contributed by atoms with Gasteiger partial charge in [-0.2, -0.15) is 13.2 Å². The molecular weight excluding hydrogens is 443 g/mol. The Labute approximate surface area is 192 Å². The Morgan fingerprint density at radius 1 is 1.09 bits per heavy atom. The minimum absolute atomic E-state index is 0. The highest BCUT2D eigenvalue weighted by atomic mass is 35.5. The van der Waals surface area contributed by atoms with E-state index in [0.717, 1.165) is 17.8 Å². The molecular formula is C23H29ClF3N3O2. The quantitative estimate of drug-likeness (QED) is 0.694. The fraction of sp³-hybridized carbons (Fsp3) is 0.478. The number of halogens is 4. The summed E-state index contributed by atoms with van der Waals surface area (Å²) in [6, 6.07) is 6.04. The highest BCUT2D eigenvalue weighted by Crippen LogP contribution is 2.38. The first-order valence-electron chi connectivity index (χ1n) is 10.2. The average Bonchev–Trinajstić information content (AvgIpc) is 2.68. The maximum atomic E-state index is 12.9. The van der Waals surface area contributed by atoms with Gasteiger partial charge in [-0.25, -0.2) is 0 Å². The van der Waals surface area contributed by atoms with Gasteiger partial charge in [-0.15, -0.1) is 12.4 Å². The molecule has 1 N–H and O–H groups in total. The molecule has 176 valence electrons. The molecule has 1 aromatic carbocycles. The number of alkyl halides is 3. The molecule has 1 aliphatic rings. The molecule has 1 amide bonds. The van der Waals surface area contributed by atoms with E-state index in [9.17, 15) is 23.1 Å². The summed E-state index contributed by atoms with van der Waals surface area (Å²) < 4.78 is 38.6. The topological polar surface area (TPSA) is 56.7 Å². The number of benzene rings is 1. The monoisotopic (exact) mass is 471 g/mol. The smallest absolute Gasteiger partial charge is 0.433 e. The van der Waals surface area contributed by atoms with E-state index in [-0.39, 0.29) is 29.5 Å². The van der Waals surface area contributed by atoms with Gasteiger partial charge < -0.3 is 10.0 Å². The molecule has 0 unspecified atom stereocenters. The maximum Gasteiger partial charge on any atom is 0.433 e. The third-order valence-corrected chi connectivity index (χ3v) is 5.63. The molecule has 1 saturated heterocycles. The van der Waals surface area contributed by atoms with E-state index in [1.54, 1.807) is 11.8 Å². The maximum absolute atomic E-state index is 12.9. The van der Waals surface area contributed by atoms with Crippen molar-refractivity contribution in [3.63, 3.8) is 0 Å². The van der Waals surface area contributed by atoms with Crippen molar-refractivity contribution < 1.29 is 23.1 Å². The SMILES string of the molecule is CC(=O)N1CCN(Cc2cc(C(C)(C)C)cc(-c3ccc(C(F)(F)F)nc3)c2O)CC1.Cl. The van der Waals surface area contributed by atoms with E-state index < -0.39 is 11.9 Å². The number of rotatable bonds is 3. The Kier molecular flexibility index (Phi) is 7.83. The summed E-state index contributed by atoms with van der Waals surface area (Å²) in [5.41, 5.74) is 1.39. The van der Waals surface area contributed by atoms with Gasteiger partial charge in [-0.1, -0.05) is 32.9 Å². The van der Waals surface area contributed by atoms with Gasteiger partial charge in [-0.3, -0.25) is 14.7 Å². The summed E-state index contributed by atoms with van der Waals surface area (Å²) in [6.45, 7) is 10.8. The van der Waals surface area contributed by atoms with Crippen LogP contribution in [0.4, 0.5) is 13.2 Å². The molecule has 1 aromatic heterocycles. The Morgan fingerprint density at radius 2 is 1.72 bits per heavy atom. The Morgan fingerprint density at radius 3 is 2.19 bits per heavy atom. The van der Waals surface area contributed by atoms with Gasteiger partial charge in [0.05, 0.1) is 0 Å². The van der Waals surface area contributed by atoms with E-state index in [1.165, 1.54) is 6.07 Å². The van der Waals surface area contributed by atoms with Crippen molar-refractivity contribution >= 4 is 18.3 Å². The van der Waals surface area contributed by atoms with Crippen molar-refractivity contribution in [2.75, 3.05) is 26.2 Å². The fourth-order valence-electron chi connectivity index (χ4n) is 3.65. The molecule has 0 spiro atoms. The summed E-state index contributed by atoms with van der Waals surface area (Å²) in [7, 11) is 0. The molecule has 1 aliphatic heterocycles. The van der Waals surface area contributed by atoms with E-state index in [4.69, 9.17) is 0 Å². The van der Waals surface area contributed by atoms with E-state index in [0.29, 0.717) is 49.4 Å². The first-order valence-corrected chi connectivity index (χ1v) is 10.2. The van der Waals surface area contributed by atoms with Crippen molar-refractivity contribution in [3.05, 3.63) is 47.3 Å². The molecule has 9 heteroatoms. The summed E-state index contributed by atoms with van der Waals surface area (Å²) >= 11 is 0. The predicted molar refractivity (Wildman–Crippen MR) is 120 cm³/mol. The lowest BCUT2D eigenvalue weighted by molar-refractivity contribution is -0.141. The van der Waals surface area contributed by atoms with Crippen molar-refractivity contribution in [2.45, 2.75) is 45.8 Å². The van der Waals surface area contributed by atoms with Gasteiger partial charge in [0.2, 0.25) is 5.91 Å². The van der Waals surface area contributed by atoms with Gasteiger partial charge in [0.15, 0.2) is 0 Å². The minimum Gasteiger partial charge on any atom is -0.507 e. The van der Waals surface area contributed by atoms with E-state index in [1.807, 2.05) is 32.9 Å². The second kappa shape index (κ2) is 9.67. The molecule has 0 atom stereocenters. The molecule has 2 heterocycles. The zero-order chi connectivity index (χ0) is 23.0. The zero-order valence-electron chi connectivity index (χ0n) is 18.7. The summed E-state index contributed by atoms with van der Waals surface area (Å²) in [6.07, 6.45) is -3.36. The van der Waals surface area contributed by atoms with Gasteiger partial charge in [0, 0.05) is 62.5 Å². The molecule has 0 aliphatic carbocycles. The summed E-state index contributed by atoms with van der Waals surface area (Å²) in [5, 5.41) is 11.0. The van der Waals surface area contributed by atoms with Crippen LogP contribution in [0.3, 0.4) is 0 Å². The normalized spacial score (nSPS) is 15.4. The number of hydrogen-bond acceptors (Lipinski definition) is 4. The third-order valence-electron chi connectivity index (χ3n) is 5.63. The van der Waals surface area contributed by atoms with Crippen LogP contribution in [-0.2, 0) is 22.9 Å². The number of phenolic OH excluding ortho intramolecular Hbond substituents is 1. The van der Waals surface area contributed by atoms with Crippen LogP contribution in [0.5, 0.6) is 5.75 Å². The first-order chi connectivity index (χ1) is 14.4. The Bertz CT molecular complexity index is 949. The lowest BCUT2D eigenvalue weighted by atomic mass is 9.83. The van der Waals surface area contributed by atoms with Crippen molar-refractivity contribution in [1.82, 2.24) is 14.8 Å². The summed E-state index contributed by atoms with van der Waals surface area (Å²) in [4.78, 5) is 19.1. The van der Waals surface area contributed by atoms with Crippen LogP contribution in [0.25, 0.3) is 11.1 Å². The van der Waals surface area contributed by atoms with Gasteiger partial charge in [0.1, 0.15) is 11.4 Å². The number of carbonyl (C=O) groups is 1. The lowest BCUT2D eigenvalue weighted by Crippen LogP contribution is -2.47. The molecule has 0 radical (unpaired) electrons. The highest BCUT2D eigenvalue weighted by molar-refractivity contribution is 5.85. The van der Waals surface area contributed by atoms with Crippen LogP contribution in [-0.4, -0.2) is 52.0 Å². The number of carbonyl (C=O) groups excluding carboxylic acids is 1. The second-order valence-corrected chi connectivity index (χ2v) is 8.99. The van der Waals surface area contributed by atoms with Crippen molar-refractivity contribution in [2.24, 2.45) is 0 Å². The number of phenols is 1. The second-order valence-electron chi connectivity index (χ2n) is 8.99. The third kappa shape index (κ3) is 5.92. The number of piperazine rings is 1. The molecule has 2 aromatic rings. The van der Waals surface area contributed by atoms with Gasteiger partial charge >= 0.3 is 6.18 Å². The van der Waals surface area contributed by atoms with Crippen LogP contribution in [0.15, 0.2) is 30.5 Å². The zero-order valence-corrected chi connectivity index (χ0v) is 19.5.